The summed E-state index contributed by atoms with van der Waals surface area (Å²) in [7, 11) is -3.68. The molecule has 1 saturated heterocycles. The molecule has 3 aromatic rings. The van der Waals surface area contributed by atoms with Gasteiger partial charge in [-0.3, -0.25) is 9.80 Å². The van der Waals surface area contributed by atoms with Gasteiger partial charge in [0.05, 0.1) is 18.0 Å². The molecule has 2 atom stereocenters. The van der Waals surface area contributed by atoms with Crippen molar-refractivity contribution in [3.05, 3.63) is 70.7 Å². The van der Waals surface area contributed by atoms with Crippen LogP contribution < -0.4 is 4.74 Å². The first-order chi connectivity index (χ1) is 17.6. The molecule has 0 amide bonds. The van der Waals surface area contributed by atoms with Crippen molar-refractivity contribution in [1.29, 1.82) is 0 Å². The quantitative estimate of drug-likeness (QED) is 0.417. The number of rotatable bonds is 6. The highest BCUT2D eigenvalue weighted by atomic mass is 32.2. The minimum absolute atomic E-state index is 0.104. The zero-order valence-electron chi connectivity index (χ0n) is 19.6. The van der Waals surface area contributed by atoms with Gasteiger partial charge in [-0.25, -0.2) is 17.8 Å². The van der Waals surface area contributed by atoms with Crippen molar-refractivity contribution >= 4 is 21.4 Å². The van der Waals surface area contributed by atoms with Crippen LogP contribution in [0, 0.1) is 5.82 Å². The average molecular weight is 557 g/mol. The number of alkyl halides is 3. The van der Waals surface area contributed by atoms with Gasteiger partial charge in [-0.2, -0.15) is 17.5 Å². The van der Waals surface area contributed by atoms with Crippen molar-refractivity contribution in [3.63, 3.8) is 0 Å². The SMILES string of the molecule is O=S(=O)(Cc1ncns1)c1ccc2c(c1)OCC[C@H]2N1CCN(CC(F)(F)F)C[C@H]1c1ccc(F)cc1. The second-order valence-electron chi connectivity index (χ2n) is 9.10. The molecule has 2 aliphatic rings. The van der Waals surface area contributed by atoms with E-state index in [9.17, 15) is 26.0 Å². The lowest BCUT2D eigenvalue weighted by molar-refractivity contribution is -0.153. The Labute approximate surface area is 215 Å². The van der Waals surface area contributed by atoms with Crippen molar-refractivity contribution < 1.29 is 30.7 Å². The molecule has 0 unspecified atom stereocenters. The Bertz CT molecular complexity index is 1340. The summed E-state index contributed by atoms with van der Waals surface area (Å²) in [5, 5.41) is 0.385. The van der Waals surface area contributed by atoms with Crippen LogP contribution in [0.2, 0.25) is 0 Å². The van der Waals surface area contributed by atoms with Crippen LogP contribution in [-0.4, -0.2) is 66.5 Å². The van der Waals surface area contributed by atoms with E-state index in [2.05, 4.69) is 14.3 Å². The molecule has 0 N–H and O–H groups in total. The van der Waals surface area contributed by atoms with E-state index < -0.39 is 34.4 Å². The van der Waals surface area contributed by atoms with Gasteiger partial charge >= 0.3 is 6.18 Å². The highest BCUT2D eigenvalue weighted by Gasteiger charge is 2.40. The molecule has 13 heteroatoms. The molecule has 2 aliphatic heterocycles. The van der Waals surface area contributed by atoms with E-state index in [1.807, 2.05) is 0 Å². The normalized spacial score (nSPS) is 21.4. The first-order valence-electron chi connectivity index (χ1n) is 11.6. The number of hydrogen-bond acceptors (Lipinski definition) is 8. The van der Waals surface area contributed by atoms with Crippen molar-refractivity contribution in [1.82, 2.24) is 19.2 Å². The molecule has 1 aromatic heterocycles. The molecule has 198 valence electrons. The minimum Gasteiger partial charge on any atom is -0.493 e. The number of benzene rings is 2. The zero-order valence-corrected chi connectivity index (χ0v) is 21.2. The molecule has 37 heavy (non-hydrogen) atoms. The van der Waals surface area contributed by atoms with E-state index in [0.29, 0.717) is 30.3 Å². The van der Waals surface area contributed by atoms with E-state index in [-0.39, 0.29) is 29.8 Å². The number of hydrogen-bond donors (Lipinski definition) is 0. The Morgan fingerprint density at radius 1 is 1.08 bits per heavy atom. The highest BCUT2D eigenvalue weighted by molar-refractivity contribution is 7.90. The number of sulfone groups is 1. The van der Waals surface area contributed by atoms with Crippen molar-refractivity contribution in [2.24, 2.45) is 0 Å². The first-order valence-corrected chi connectivity index (χ1v) is 14.1. The lowest BCUT2D eigenvalue weighted by atomic mass is 9.93. The highest BCUT2D eigenvalue weighted by Crippen LogP contribution is 2.42. The Balaban J connectivity index is 1.44. The summed E-state index contributed by atoms with van der Waals surface area (Å²) in [4.78, 5) is 7.55. The van der Waals surface area contributed by atoms with Crippen LogP contribution >= 0.6 is 11.5 Å². The standard InChI is InChI=1S/C24H24F4N4O3S2/c25-17-3-1-16(2-4-17)21-12-31(14-24(26,27)28)8-9-32(21)20-7-10-35-22-11-18(5-6-19(20)22)37(33,34)13-23-29-15-30-36-23/h1-6,11,15,20-21H,7-10,12-14H2/t20-,21+/m1/s1. The molecular weight excluding hydrogens is 532 g/mol. The fraction of sp³-hybridized carbons (Fsp3) is 0.417. The van der Waals surface area contributed by atoms with E-state index in [1.54, 1.807) is 18.2 Å². The van der Waals surface area contributed by atoms with Crippen LogP contribution in [0.25, 0.3) is 0 Å². The third-order valence-corrected chi connectivity index (χ3v) is 9.10. The summed E-state index contributed by atoms with van der Waals surface area (Å²) in [5.74, 6) is -0.254. The van der Waals surface area contributed by atoms with Gasteiger partial charge in [-0.05, 0) is 41.4 Å². The molecule has 0 radical (unpaired) electrons. The number of piperazine rings is 1. The lowest BCUT2D eigenvalue weighted by Crippen LogP contribution is -2.52. The van der Waals surface area contributed by atoms with Crippen LogP contribution in [0.5, 0.6) is 5.75 Å². The molecule has 3 heterocycles. The topological polar surface area (TPSA) is 75.6 Å². The third-order valence-electron chi connectivity index (χ3n) is 6.64. The zero-order chi connectivity index (χ0) is 26.2. The molecule has 0 aliphatic carbocycles. The monoisotopic (exact) mass is 556 g/mol. The summed E-state index contributed by atoms with van der Waals surface area (Å²) >= 11 is 1.02. The molecule has 5 rings (SSSR count). The van der Waals surface area contributed by atoms with Crippen LogP contribution in [-0.2, 0) is 15.6 Å². The third kappa shape index (κ3) is 5.95. The van der Waals surface area contributed by atoms with Gasteiger partial charge in [0, 0.05) is 43.7 Å². The Morgan fingerprint density at radius 3 is 2.57 bits per heavy atom. The van der Waals surface area contributed by atoms with Gasteiger partial charge in [0.1, 0.15) is 28.7 Å². The molecule has 2 aromatic carbocycles. The number of fused-ring (bicyclic) bond motifs is 1. The molecule has 7 nitrogen and oxygen atoms in total. The van der Waals surface area contributed by atoms with E-state index in [4.69, 9.17) is 4.74 Å². The second-order valence-corrected chi connectivity index (χ2v) is 12.0. The Kier molecular flexibility index (Phi) is 7.22. The lowest BCUT2D eigenvalue weighted by Gasteiger charge is -2.47. The van der Waals surface area contributed by atoms with Gasteiger partial charge in [0.15, 0.2) is 9.84 Å². The second kappa shape index (κ2) is 10.3. The fourth-order valence-electron chi connectivity index (χ4n) is 5.00. The summed E-state index contributed by atoms with van der Waals surface area (Å²) in [5.41, 5.74) is 1.50. The molecule has 0 bridgehead atoms. The van der Waals surface area contributed by atoms with Crippen molar-refractivity contribution in [2.45, 2.75) is 35.3 Å². The Hall–Kier alpha value is -2.61. The van der Waals surface area contributed by atoms with Crippen molar-refractivity contribution in [3.8, 4) is 5.75 Å². The van der Waals surface area contributed by atoms with Gasteiger partial charge in [-0.1, -0.05) is 18.2 Å². The predicted octanol–water partition coefficient (Wildman–Crippen LogP) is 4.40. The van der Waals surface area contributed by atoms with Crippen LogP contribution in [0.3, 0.4) is 0 Å². The van der Waals surface area contributed by atoms with E-state index >= 15 is 0 Å². The maximum atomic E-state index is 13.6. The van der Waals surface area contributed by atoms with E-state index in [0.717, 1.165) is 22.7 Å². The van der Waals surface area contributed by atoms with Gasteiger partial charge < -0.3 is 4.74 Å². The number of ether oxygens (including phenoxy) is 1. The number of aromatic nitrogens is 2. The predicted molar refractivity (Wildman–Crippen MR) is 128 cm³/mol. The molecule has 0 saturated carbocycles. The van der Waals surface area contributed by atoms with Crippen LogP contribution in [0.4, 0.5) is 17.6 Å². The molecular formula is C24H24F4N4O3S2. The maximum absolute atomic E-state index is 13.6. The summed E-state index contributed by atoms with van der Waals surface area (Å²) < 4.78 is 88.6. The first kappa shape index (κ1) is 26.0. The van der Waals surface area contributed by atoms with Crippen LogP contribution in [0.1, 0.15) is 34.6 Å². The summed E-state index contributed by atoms with van der Waals surface area (Å²) in [6.45, 7) is 0.0267. The van der Waals surface area contributed by atoms with Gasteiger partial charge in [0.2, 0.25) is 0 Å². The fourth-order valence-corrected chi connectivity index (χ4v) is 7.11. The number of nitrogens with zero attached hydrogens (tertiary/aromatic N) is 4. The largest absolute Gasteiger partial charge is 0.493 e. The van der Waals surface area contributed by atoms with Gasteiger partial charge in [-0.15, -0.1) is 0 Å². The number of halogens is 4. The average Bonchev–Trinajstić information content (AvgIpc) is 3.35. The summed E-state index contributed by atoms with van der Waals surface area (Å²) in [6.07, 6.45) is -2.43. The minimum atomic E-state index is -4.32. The van der Waals surface area contributed by atoms with Gasteiger partial charge in [0.25, 0.3) is 0 Å². The maximum Gasteiger partial charge on any atom is 0.401 e. The molecule has 0 spiro atoms. The summed E-state index contributed by atoms with van der Waals surface area (Å²) in [6, 6.07) is 9.97. The smallest absolute Gasteiger partial charge is 0.401 e. The Morgan fingerprint density at radius 2 is 1.86 bits per heavy atom. The van der Waals surface area contributed by atoms with Crippen LogP contribution in [0.15, 0.2) is 53.7 Å². The van der Waals surface area contributed by atoms with Crippen molar-refractivity contribution in [2.75, 3.05) is 32.8 Å². The van der Waals surface area contributed by atoms with E-state index in [1.165, 1.54) is 35.5 Å². The molecule has 1 fully saturated rings.